The summed E-state index contributed by atoms with van der Waals surface area (Å²) in [5, 5.41) is 5.48. The van der Waals surface area contributed by atoms with Gasteiger partial charge in [0.25, 0.3) is 0 Å². The number of rotatable bonds is 7. The van der Waals surface area contributed by atoms with Crippen LogP contribution in [0, 0.1) is 6.92 Å². The maximum atomic E-state index is 12.4. The molecule has 0 spiro atoms. The van der Waals surface area contributed by atoms with E-state index in [1.165, 1.54) is 5.69 Å². The largest absolute Gasteiger partial charge is 0.468 e. The van der Waals surface area contributed by atoms with Crippen molar-refractivity contribution >= 4 is 17.5 Å². The molecule has 2 amide bonds. The first-order valence-corrected chi connectivity index (χ1v) is 11.3. The van der Waals surface area contributed by atoms with E-state index in [0.717, 1.165) is 43.1 Å². The number of nitrogens with zero attached hydrogens (tertiary/aromatic N) is 2. The molecule has 172 valence electrons. The molecular formula is C26H30N4O3. The Morgan fingerprint density at radius 1 is 0.879 bits per heavy atom. The summed E-state index contributed by atoms with van der Waals surface area (Å²) in [6, 6.07) is 21.8. The molecule has 2 aromatic carbocycles. The van der Waals surface area contributed by atoms with E-state index < -0.39 is 11.8 Å². The van der Waals surface area contributed by atoms with Crippen molar-refractivity contribution in [2.75, 3.05) is 37.6 Å². The van der Waals surface area contributed by atoms with E-state index in [-0.39, 0.29) is 6.04 Å². The Morgan fingerprint density at radius 2 is 1.58 bits per heavy atom. The number of furan rings is 1. The van der Waals surface area contributed by atoms with E-state index in [9.17, 15) is 9.59 Å². The van der Waals surface area contributed by atoms with E-state index in [1.807, 2.05) is 61.5 Å². The van der Waals surface area contributed by atoms with Crippen LogP contribution in [0.2, 0.25) is 0 Å². The Kier molecular flexibility index (Phi) is 7.42. The van der Waals surface area contributed by atoms with E-state index in [0.29, 0.717) is 13.1 Å². The standard InChI is InChI=1S/C26H30N4O3/c1-20-9-11-21(12-10-20)18-27-25(31)26(32)28-19-23(24-8-5-17-33-24)30-15-13-29(14-16-30)22-6-3-2-4-7-22/h2-12,17,23H,13-16,18-19H2,1H3,(H,27,31)(H,28,32)/t23-/m1/s1. The highest BCUT2D eigenvalue weighted by Crippen LogP contribution is 2.24. The fraction of sp³-hybridized carbons (Fsp3) is 0.308. The van der Waals surface area contributed by atoms with Crippen LogP contribution in [0.5, 0.6) is 0 Å². The molecule has 33 heavy (non-hydrogen) atoms. The predicted molar refractivity (Wildman–Crippen MR) is 128 cm³/mol. The minimum Gasteiger partial charge on any atom is -0.468 e. The molecule has 7 heteroatoms. The maximum Gasteiger partial charge on any atom is 0.309 e. The molecule has 1 aliphatic rings. The van der Waals surface area contributed by atoms with Crippen molar-refractivity contribution in [3.63, 3.8) is 0 Å². The molecular weight excluding hydrogens is 416 g/mol. The predicted octanol–water partition coefficient (Wildman–Crippen LogP) is 2.88. The van der Waals surface area contributed by atoms with Gasteiger partial charge in [0.2, 0.25) is 0 Å². The van der Waals surface area contributed by atoms with Crippen LogP contribution in [0.4, 0.5) is 5.69 Å². The summed E-state index contributed by atoms with van der Waals surface area (Å²) in [6.45, 7) is 6.04. The Bertz CT molecular complexity index is 1030. The monoisotopic (exact) mass is 446 g/mol. The number of aryl methyl sites for hydroxylation is 1. The van der Waals surface area contributed by atoms with Crippen molar-refractivity contribution in [2.45, 2.75) is 19.5 Å². The fourth-order valence-corrected chi connectivity index (χ4v) is 4.06. The van der Waals surface area contributed by atoms with E-state index in [2.05, 4.69) is 32.6 Å². The van der Waals surface area contributed by atoms with Crippen LogP contribution in [-0.2, 0) is 16.1 Å². The Morgan fingerprint density at radius 3 is 2.24 bits per heavy atom. The lowest BCUT2D eigenvalue weighted by Gasteiger charge is -2.39. The summed E-state index contributed by atoms with van der Waals surface area (Å²) < 4.78 is 5.66. The number of benzene rings is 2. The molecule has 1 saturated heterocycles. The third kappa shape index (κ3) is 6.02. The number of para-hydroxylation sites is 1. The molecule has 3 aromatic rings. The number of hydrogen-bond donors (Lipinski definition) is 2. The summed E-state index contributed by atoms with van der Waals surface area (Å²) in [7, 11) is 0. The summed E-state index contributed by atoms with van der Waals surface area (Å²) in [5.41, 5.74) is 3.31. The van der Waals surface area contributed by atoms with Gasteiger partial charge < -0.3 is 20.0 Å². The molecule has 7 nitrogen and oxygen atoms in total. The molecule has 4 rings (SSSR count). The van der Waals surface area contributed by atoms with Gasteiger partial charge in [-0.25, -0.2) is 0 Å². The summed E-state index contributed by atoms with van der Waals surface area (Å²) in [5.74, 6) is -0.493. The molecule has 0 saturated carbocycles. The van der Waals surface area contributed by atoms with Crippen molar-refractivity contribution in [1.82, 2.24) is 15.5 Å². The molecule has 0 bridgehead atoms. The zero-order valence-electron chi connectivity index (χ0n) is 18.9. The first-order chi connectivity index (χ1) is 16.1. The zero-order valence-corrected chi connectivity index (χ0v) is 18.9. The van der Waals surface area contributed by atoms with Crippen molar-refractivity contribution < 1.29 is 14.0 Å². The van der Waals surface area contributed by atoms with Gasteiger partial charge in [-0.3, -0.25) is 14.5 Å². The smallest absolute Gasteiger partial charge is 0.309 e. The first-order valence-electron chi connectivity index (χ1n) is 11.3. The average molecular weight is 447 g/mol. The normalized spacial score (nSPS) is 15.1. The Balaban J connectivity index is 1.31. The van der Waals surface area contributed by atoms with Crippen LogP contribution in [0.1, 0.15) is 22.9 Å². The average Bonchev–Trinajstić information content (AvgIpc) is 3.39. The number of amides is 2. The highest BCUT2D eigenvalue weighted by molar-refractivity contribution is 6.35. The van der Waals surface area contributed by atoms with Gasteiger partial charge in [0, 0.05) is 45.0 Å². The van der Waals surface area contributed by atoms with Gasteiger partial charge in [-0.05, 0) is 36.8 Å². The highest BCUT2D eigenvalue weighted by atomic mass is 16.3. The van der Waals surface area contributed by atoms with Gasteiger partial charge in [0.1, 0.15) is 5.76 Å². The van der Waals surface area contributed by atoms with E-state index >= 15 is 0 Å². The first kappa shape index (κ1) is 22.6. The van der Waals surface area contributed by atoms with Crippen LogP contribution in [0.15, 0.2) is 77.4 Å². The molecule has 1 aliphatic heterocycles. The van der Waals surface area contributed by atoms with Crippen molar-refractivity contribution in [2.24, 2.45) is 0 Å². The fourth-order valence-electron chi connectivity index (χ4n) is 4.06. The minimum absolute atomic E-state index is 0.133. The molecule has 0 aliphatic carbocycles. The molecule has 1 fully saturated rings. The minimum atomic E-state index is -0.637. The Labute approximate surface area is 194 Å². The lowest BCUT2D eigenvalue weighted by atomic mass is 10.1. The van der Waals surface area contributed by atoms with Gasteiger partial charge in [-0.15, -0.1) is 0 Å². The Hall–Kier alpha value is -3.58. The second kappa shape index (κ2) is 10.8. The zero-order chi connectivity index (χ0) is 23.0. The third-order valence-corrected chi connectivity index (χ3v) is 5.98. The molecule has 2 N–H and O–H groups in total. The number of carbonyl (C=O) groups excluding carboxylic acids is 2. The molecule has 0 unspecified atom stereocenters. The van der Waals surface area contributed by atoms with E-state index in [4.69, 9.17) is 4.42 Å². The van der Waals surface area contributed by atoms with Gasteiger partial charge in [-0.2, -0.15) is 0 Å². The SMILES string of the molecule is Cc1ccc(CNC(=O)C(=O)NC[C@H](c2ccco2)N2CCN(c3ccccc3)CC2)cc1. The van der Waals surface area contributed by atoms with Crippen molar-refractivity contribution in [3.8, 4) is 0 Å². The van der Waals surface area contributed by atoms with Crippen LogP contribution in [0.3, 0.4) is 0 Å². The van der Waals surface area contributed by atoms with Crippen LogP contribution in [-0.4, -0.2) is 49.4 Å². The number of hydrogen-bond acceptors (Lipinski definition) is 5. The van der Waals surface area contributed by atoms with Crippen LogP contribution in [0.25, 0.3) is 0 Å². The van der Waals surface area contributed by atoms with Gasteiger partial charge >= 0.3 is 11.8 Å². The number of nitrogens with one attached hydrogen (secondary N) is 2. The topological polar surface area (TPSA) is 77.8 Å². The number of piperazine rings is 1. The van der Waals surface area contributed by atoms with Crippen LogP contribution < -0.4 is 15.5 Å². The van der Waals surface area contributed by atoms with E-state index in [1.54, 1.807) is 6.26 Å². The molecule has 1 atom stereocenters. The summed E-state index contributed by atoms with van der Waals surface area (Å²) in [6.07, 6.45) is 1.64. The second-order valence-corrected chi connectivity index (χ2v) is 8.27. The lowest BCUT2D eigenvalue weighted by Crippen LogP contribution is -2.50. The number of anilines is 1. The molecule has 1 aromatic heterocycles. The molecule has 2 heterocycles. The summed E-state index contributed by atoms with van der Waals surface area (Å²) >= 11 is 0. The van der Waals surface area contributed by atoms with Crippen LogP contribution >= 0.6 is 0 Å². The van der Waals surface area contributed by atoms with Gasteiger partial charge in [-0.1, -0.05) is 48.0 Å². The summed E-state index contributed by atoms with van der Waals surface area (Å²) in [4.78, 5) is 29.4. The van der Waals surface area contributed by atoms with Gasteiger partial charge in [0.15, 0.2) is 0 Å². The highest BCUT2D eigenvalue weighted by Gasteiger charge is 2.28. The maximum absolute atomic E-state index is 12.4. The quantitative estimate of drug-likeness (QED) is 0.546. The molecule has 0 radical (unpaired) electrons. The van der Waals surface area contributed by atoms with Gasteiger partial charge in [0.05, 0.1) is 12.3 Å². The lowest BCUT2D eigenvalue weighted by molar-refractivity contribution is -0.139. The van der Waals surface area contributed by atoms with Crippen molar-refractivity contribution in [1.29, 1.82) is 0 Å². The van der Waals surface area contributed by atoms with Crippen molar-refractivity contribution in [3.05, 3.63) is 89.9 Å². The third-order valence-electron chi connectivity index (χ3n) is 5.98. The second-order valence-electron chi connectivity index (χ2n) is 8.27. The number of carbonyl (C=O) groups is 2.